The van der Waals surface area contributed by atoms with Gasteiger partial charge in [0, 0.05) is 37.9 Å². The average Bonchev–Trinajstić information content (AvgIpc) is 3.44. The van der Waals surface area contributed by atoms with Gasteiger partial charge in [-0.05, 0) is 40.3 Å². The molecule has 1 aliphatic rings. The van der Waals surface area contributed by atoms with Crippen LogP contribution in [0.3, 0.4) is 0 Å². The summed E-state index contributed by atoms with van der Waals surface area (Å²) in [4.78, 5) is 0. The van der Waals surface area contributed by atoms with E-state index in [0.29, 0.717) is 0 Å². The van der Waals surface area contributed by atoms with Gasteiger partial charge in [-0.1, -0.05) is 86.6 Å². The van der Waals surface area contributed by atoms with Crippen molar-refractivity contribution in [2.75, 3.05) is 0 Å². The van der Waals surface area contributed by atoms with Crippen molar-refractivity contribution >= 4 is 82.8 Å². The monoisotopic (exact) mass is 572 g/mol. The van der Waals surface area contributed by atoms with E-state index in [4.69, 9.17) is 0 Å². The summed E-state index contributed by atoms with van der Waals surface area (Å²) in [6.07, 6.45) is 0. The number of aromatic nitrogens is 2. The zero-order chi connectivity index (χ0) is 23.9. The van der Waals surface area contributed by atoms with Gasteiger partial charge in [-0.3, -0.25) is 2.78 Å². The number of benzene rings is 5. The third-order valence-corrected chi connectivity index (χ3v) is 9.75. The maximum Gasteiger partial charge on any atom is 0.0693 e. The van der Waals surface area contributed by atoms with Crippen LogP contribution in [0.2, 0.25) is 0 Å². The first kappa shape index (κ1) is 19.6. The number of halogens is 1. The van der Waals surface area contributed by atoms with Crippen molar-refractivity contribution in [3.63, 3.8) is 0 Å². The van der Waals surface area contributed by atoms with Crippen molar-refractivity contribution in [3.8, 4) is 11.1 Å². The number of para-hydroxylation sites is 2. The molecule has 3 aromatic heterocycles. The molecule has 0 N–H and O–H groups in total. The summed E-state index contributed by atoms with van der Waals surface area (Å²) < 4.78 is 4.97. The number of nitrogens with zero attached hydrogens (tertiary/aromatic N) is 2. The maximum absolute atomic E-state index is 2.55. The lowest BCUT2D eigenvalue weighted by molar-refractivity contribution is 0.661. The standard InChI is InChI=1S/C33H21IN2/c1-33(2)23-14-5-3-10-22(23)28-24(33)17-27-30-29-19(11-8-16-26(29)36(34)32(28)30)21-13-7-12-20-18-9-4-6-15-25(18)35(27)31(20)21/h3-17H,1-2H3. The highest BCUT2D eigenvalue weighted by molar-refractivity contribution is 14.1. The minimum atomic E-state index is -0.0690. The molecule has 0 spiro atoms. The Labute approximate surface area is 221 Å². The van der Waals surface area contributed by atoms with E-state index in [1.807, 2.05) is 0 Å². The predicted molar refractivity (Wildman–Crippen MR) is 161 cm³/mol. The Balaban J connectivity index is 1.73. The van der Waals surface area contributed by atoms with Gasteiger partial charge in [0.1, 0.15) is 0 Å². The fourth-order valence-electron chi connectivity index (χ4n) is 7.23. The van der Waals surface area contributed by atoms with Gasteiger partial charge in [0.25, 0.3) is 0 Å². The Hall–Kier alpha value is -3.57. The zero-order valence-electron chi connectivity index (χ0n) is 19.9. The second-order valence-corrected chi connectivity index (χ2v) is 11.7. The second-order valence-electron chi connectivity index (χ2n) is 10.7. The van der Waals surface area contributed by atoms with Crippen molar-refractivity contribution in [1.82, 2.24) is 7.18 Å². The summed E-state index contributed by atoms with van der Waals surface area (Å²) in [6, 6.07) is 34.0. The molecule has 0 aliphatic heterocycles. The first-order valence-corrected chi connectivity index (χ1v) is 13.5. The Kier molecular flexibility index (Phi) is 3.38. The van der Waals surface area contributed by atoms with Crippen LogP contribution in [-0.2, 0) is 5.41 Å². The molecule has 0 unspecified atom stereocenters. The van der Waals surface area contributed by atoms with E-state index >= 15 is 0 Å². The van der Waals surface area contributed by atoms with E-state index in [-0.39, 0.29) is 5.41 Å². The minimum Gasteiger partial charge on any atom is -0.308 e. The highest BCUT2D eigenvalue weighted by atomic mass is 127. The van der Waals surface area contributed by atoms with Gasteiger partial charge in [0.15, 0.2) is 0 Å². The fourth-order valence-corrected chi connectivity index (χ4v) is 8.11. The number of rotatable bonds is 0. The van der Waals surface area contributed by atoms with Crippen LogP contribution < -0.4 is 0 Å². The molecule has 9 rings (SSSR count). The van der Waals surface area contributed by atoms with Crippen LogP contribution in [0.15, 0.2) is 91.0 Å². The van der Waals surface area contributed by atoms with E-state index in [1.165, 1.54) is 82.2 Å². The van der Waals surface area contributed by atoms with Crippen LogP contribution in [0.1, 0.15) is 25.0 Å². The average molecular weight is 572 g/mol. The topological polar surface area (TPSA) is 9.34 Å². The summed E-state index contributed by atoms with van der Waals surface area (Å²) >= 11 is 2.54. The van der Waals surface area contributed by atoms with Crippen LogP contribution >= 0.6 is 22.9 Å². The molecule has 0 bridgehead atoms. The molecule has 2 nitrogen and oxygen atoms in total. The summed E-state index contributed by atoms with van der Waals surface area (Å²) in [5, 5.41) is 8.00. The largest absolute Gasteiger partial charge is 0.308 e. The van der Waals surface area contributed by atoms with Gasteiger partial charge < -0.3 is 4.40 Å². The predicted octanol–water partition coefficient (Wildman–Crippen LogP) is 9.45. The molecule has 0 amide bonds. The molecule has 5 aromatic carbocycles. The molecule has 8 aromatic rings. The molecular weight excluding hydrogens is 551 g/mol. The highest BCUT2D eigenvalue weighted by Gasteiger charge is 2.38. The lowest BCUT2D eigenvalue weighted by atomic mass is 9.82. The Morgan fingerprint density at radius 3 is 2.14 bits per heavy atom. The zero-order valence-corrected chi connectivity index (χ0v) is 22.1. The van der Waals surface area contributed by atoms with Crippen LogP contribution in [0.4, 0.5) is 0 Å². The van der Waals surface area contributed by atoms with Crippen LogP contribution in [0.5, 0.6) is 0 Å². The normalized spacial score (nSPS) is 14.8. The van der Waals surface area contributed by atoms with Crippen molar-refractivity contribution < 1.29 is 0 Å². The molecule has 0 fully saturated rings. The van der Waals surface area contributed by atoms with Crippen LogP contribution in [0, 0.1) is 0 Å². The molecular formula is C33H21IN2. The smallest absolute Gasteiger partial charge is 0.0693 e. The fraction of sp³-hybridized carbons (Fsp3) is 0.0909. The molecule has 0 radical (unpaired) electrons. The van der Waals surface area contributed by atoms with Crippen molar-refractivity contribution in [2.45, 2.75) is 19.3 Å². The summed E-state index contributed by atoms with van der Waals surface area (Å²) in [5.41, 5.74) is 12.0. The quantitative estimate of drug-likeness (QED) is 0.160. The van der Waals surface area contributed by atoms with Crippen molar-refractivity contribution in [1.29, 1.82) is 0 Å². The molecule has 1 aliphatic carbocycles. The molecule has 3 heterocycles. The molecule has 36 heavy (non-hydrogen) atoms. The van der Waals surface area contributed by atoms with Gasteiger partial charge in [0.2, 0.25) is 0 Å². The molecule has 170 valence electrons. The Morgan fingerprint density at radius 2 is 1.25 bits per heavy atom. The van der Waals surface area contributed by atoms with Gasteiger partial charge in [0.05, 0.1) is 50.4 Å². The summed E-state index contributed by atoms with van der Waals surface area (Å²) in [7, 11) is 0. The Bertz CT molecular complexity index is 2240. The number of fused-ring (bicyclic) bond motifs is 9. The molecule has 3 heteroatoms. The van der Waals surface area contributed by atoms with Crippen LogP contribution in [-0.4, -0.2) is 7.18 Å². The van der Waals surface area contributed by atoms with E-state index in [0.717, 1.165) is 0 Å². The number of hydrogen-bond donors (Lipinski definition) is 0. The molecule has 0 saturated carbocycles. The first-order chi connectivity index (χ1) is 17.6. The lowest BCUT2D eigenvalue weighted by Gasteiger charge is -2.21. The van der Waals surface area contributed by atoms with Gasteiger partial charge in [-0.2, -0.15) is 0 Å². The van der Waals surface area contributed by atoms with E-state index < -0.39 is 0 Å². The third-order valence-electron chi connectivity index (χ3n) is 8.75. The SMILES string of the molecule is CC1(C)c2ccccc2-c2c1cc1c3c4c(cccc4n(I)c23)c2cccc3c4ccccc4n1c23. The van der Waals surface area contributed by atoms with E-state index in [9.17, 15) is 0 Å². The summed E-state index contributed by atoms with van der Waals surface area (Å²) in [6.45, 7) is 4.77. The summed E-state index contributed by atoms with van der Waals surface area (Å²) in [5.74, 6) is 0. The lowest BCUT2D eigenvalue weighted by Crippen LogP contribution is -2.15. The van der Waals surface area contributed by atoms with Crippen LogP contribution in [0.25, 0.3) is 71.0 Å². The Morgan fingerprint density at radius 1 is 0.583 bits per heavy atom. The van der Waals surface area contributed by atoms with Crippen molar-refractivity contribution in [2.24, 2.45) is 0 Å². The molecule has 0 saturated heterocycles. The van der Waals surface area contributed by atoms with Crippen molar-refractivity contribution in [3.05, 3.63) is 102 Å². The van der Waals surface area contributed by atoms with Gasteiger partial charge >= 0.3 is 0 Å². The second kappa shape index (κ2) is 6.22. The highest BCUT2D eigenvalue weighted by Crippen LogP contribution is 2.55. The van der Waals surface area contributed by atoms with Gasteiger partial charge in [-0.25, -0.2) is 0 Å². The third kappa shape index (κ3) is 2.01. The first-order valence-electron chi connectivity index (χ1n) is 12.5. The van der Waals surface area contributed by atoms with E-state index in [2.05, 4.69) is 135 Å². The maximum atomic E-state index is 2.55. The number of hydrogen-bond acceptors (Lipinski definition) is 0. The molecule has 0 atom stereocenters. The minimum absolute atomic E-state index is 0.0690. The van der Waals surface area contributed by atoms with Gasteiger partial charge in [-0.15, -0.1) is 0 Å². The van der Waals surface area contributed by atoms with E-state index in [1.54, 1.807) is 0 Å².